The minimum atomic E-state index is 0.260. The molecule has 0 aliphatic carbocycles. The quantitative estimate of drug-likeness (QED) is 0.660. The summed E-state index contributed by atoms with van der Waals surface area (Å²) in [6.45, 7) is 3.17. The number of hydrogen-bond acceptors (Lipinski definition) is 2. The van der Waals surface area contributed by atoms with E-state index >= 15 is 0 Å². The van der Waals surface area contributed by atoms with E-state index in [1.807, 2.05) is 24.0 Å². The van der Waals surface area contributed by atoms with Gasteiger partial charge in [0, 0.05) is 19.9 Å². The van der Waals surface area contributed by atoms with Gasteiger partial charge in [0.1, 0.15) is 0 Å². The van der Waals surface area contributed by atoms with Crippen LogP contribution in [0, 0.1) is 5.92 Å². The number of aryl methyl sites for hydroxylation is 1. The van der Waals surface area contributed by atoms with E-state index < -0.39 is 0 Å². The zero-order valence-electron chi connectivity index (χ0n) is 8.23. The lowest BCUT2D eigenvalue weighted by Gasteiger charge is -2.27. The largest absolute Gasteiger partial charge is 0.372 e. The fraction of sp³-hybridized carbons (Fsp3) is 0.700. The fourth-order valence-corrected chi connectivity index (χ4v) is 1.87. The average Bonchev–Trinajstić information content (AvgIpc) is 2.51. The molecular weight excluding hydrogens is 164 g/mol. The van der Waals surface area contributed by atoms with Crippen LogP contribution in [0.2, 0.25) is 0 Å². The second-order valence-electron chi connectivity index (χ2n) is 3.87. The molecule has 2 atom stereocenters. The van der Waals surface area contributed by atoms with Crippen molar-refractivity contribution >= 4 is 0 Å². The molecule has 0 amide bonds. The molecule has 0 saturated carbocycles. The van der Waals surface area contributed by atoms with Gasteiger partial charge in [0.15, 0.2) is 0 Å². The van der Waals surface area contributed by atoms with Crippen molar-refractivity contribution in [2.75, 3.05) is 6.61 Å². The monoisotopic (exact) mass is 180 g/mol. The van der Waals surface area contributed by atoms with Crippen LogP contribution in [-0.4, -0.2) is 16.4 Å². The van der Waals surface area contributed by atoms with Crippen LogP contribution in [-0.2, 0) is 11.8 Å². The smallest absolute Gasteiger partial charge is 0.0993 e. The predicted molar refractivity (Wildman–Crippen MR) is 50.3 cm³/mol. The number of rotatable bonds is 1. The zero-order valence-corrected chi connectivity index (χ0v) is 8.23. The molecule has 1 aliphatic rings. The molecule has 0 radical (unpaired) electrons. The van der Waals surface area contributed by atoms with Gasteiger partial charge in [-0.1, -0.05) is 6.92 Å². The van der Waals surface area contributed by atoms with Gasteiger partial charge in [0.25, 0.3) is 0 Å². The van der Waals surface area contributed by atoms with E-state index in [9.17, 15) is 0 Å². The van der Waals surface area contributed by atoms with Crippen molar-refractivity contribution in [1.29, 1.82) is 0 Å². The van der Waals surface area contributed by atoms with E-state index in [1.54, 1.807) is 0 Å². The highest BCUT2D eigenvalue weighted by atomic mass is 16.5. The molecule has 1 aromatic rings. The molecule has 3 nitrogen and oxygen atoms in total. The van der Waals surface area contributed by atoms with Gasteiger partial charge in [0.05, 0.1) is 11.8 Å². The lowest BCUT2D eigenvalue weighted by Crippen LogP contribution is -2.19. The summed E-state index contributed by atoms with van der Waals surface area (Å²) in [7, 11) is 1.97. The summed E-state index contributed by atoms with van der Waals surface area (Å²) in [5.74, 6) is 0.772. The first-order valence-electron chi connectivity index (χ1n) is 4.87. The van der Waals surface area contributed by atoms with Crippen LogP contribution in [0.15, 0.2) is 12.3 Å². The first-order valence-corrected chi connectivity index (χ1v) is 4.87. The second kappa shape index (κ2) is 3.50. The Bertz CT molecular complexity index is 282. The van der Waals surface area contributed by atoms with Crippen molar-refractivity contribution in [3.8, 4) is 0 Å². The Kier molecular flexibility index (Phi) is 2.36. The maximum absolute atomic E-state index is 5.71. The molecule has 3 heteroatoms. The molecule has 0 bridgehead atoms. The molecule has 1 fully saturated rings. The van der Waals surface area contributed by atoms with Crippen molar-refractivity contribution in [2.45, 2.75) is 25.9 Å². The van der Waals surface area contributed by atoms with Gasteiger partial charge in [-0.25, -0.2) is 0 Å². The van der Waals surface area contributed by atoms with Gasteiger partial charge in [0.2, 0.25) is 0 Å². The van der Waals surface area contributed by atoms with Gasteiger partial charge in [-0.15, -0.1) is 0 Å². The topological polar surface area (TPSA) is 27.1 Å². The van der Waals surface area contributed by atoms with Crippen LogP contribution in [0.25, 0.3) is 0 Å². The second-order valence-corrected chi connectivity index (χ2v) is 3.87. The molecule has 2 rings (SSSR count). The Morgan fingerprint density at radius 1 is 1.62 bits per heavy atom. The van der Waals surface area contributed by atoms with Crippen LogP contribution in [0.4, 0.5) is 0 Å². The fourth-order valence-electron chi connectivity index (χ4n) is 1.87. The Hall–Kier alpha value is -0.830. The van der Waals surface area contributed by atoms with Crippen LogP contribution < -0.4 is 0 Å². The minimum absolute atomic E-state index is 0.260. The first-order chi connectivity index (χ1) is 6.27. The number of aromatic nitrogens is 2. The summed E-state index contributed by atoms with van der Waals surface area (Å²) in [5.41, 5.74) is 1.20. The van der Waals surface area contributed by atoms with Crippen LogP contribution >= 0.6 is 0 Å². The minimum Gasteiger partial charge on any atom is -0.372 e. The third-order valence-electron chi connectivity index (χ3n) is 2.73. The van der Waals surface area contributed by atoms with Crippen molar-refractivity contribution in [1.82, 2.24) is 9.78 Å². The number of nitrogens with zero attached hydrogens (tertiary/aromatic N) is 2. The van der Waals surface area contributed by atoms with Gasteiger partial charge in [-0.05, 0) is 24.8 Å². The third-order valence-corrected chi connectivity index (χ3v) is 2.73. The van der Waals surface area contributed by atoms with Gasteiger partial charge in [-0.3, -0.25) is 4.68 Å². The maximum atomic E-state index is 5.71. The molecule has 13 heavy (non-hydrogen) atoms. The Morgan fingerprint density at radius 3 is 3.08 bits per heavy atom. The molecule has 1 aromatic heterocycles. The molecule has 1 saturated heterocycles. The van der Waals surface area contributed by atoms with E-state index in [-0.39, 0.29) is 6.10 Å². The van der Waals surface area contributed by atoms with Crippen molar-refractivity contribution in [2.24, 2.45) is 13.0 Å². The summed E-state index contributed by atoms with van der Waals surface area (Å²) < 4.78 is 7.62. The van der Waals surface area contributed by atoms with Crippen molar-refractivity contribution in [3.63, 3.8) is 0 Å². The van der Waals surface area contributed by atoms with Crippen LogP contribution in [0.5, 0.6) is 0 Å². The van der Waals surface area contributed by atoms with Gasteiger partial charge >= 0.3 is 0 Å². The van der Waals surface area contributed by atoms with Gasteiger partial charge in [-0.2, -0.15) is 5.10 Å². The van der Waals surface area contributed by atoms with Crippen LogP contribution in [0.1, 0.15) is 31.6 Å². The Balaban J connectivity index is 2.12. The normalized spacial score (nSPS) is 29.1. The lowest BCUT2D eigenvalue weighted by molar-refractivity contribution is -0.0108. The Labute approximate surface area is 78.7 Å². The molecule has 0 aromatic carbocycles. The summed E-state index contributed by atoms with van der Waals surface area (Å²) in [6.07, 6.45) is 4.41. The highest BCUT2D eigenvalue weighted by Gasteiger charge is 2.22. The highest BCUT2D eigenvalue weighted by molar-refractivity contribution is 5.05. The molecule has 72 valence electrons. The van der Waals surface area contributed by atoms with E-state index in [0.29, 0.717) is 0 Å². The zero-order chi connectivity index (χ0) is 9.26. The number of ether oxygens (including phenoxy) is 1. The van der Waals surface area contributed by atoms with Crippen molar-refractivity contribution in [3.05, 3.63) is 18.0 Å². The summed E-state index contributed by atoms with van der Waals surface area (Å²) in [6, 6.07) is 2.04. The number of hydrogen-bond donors (Lipinski definition) is 0. The van der Waals surface area contributed by atoms with E-state index in [4.69, 9.17) is 4.74 Å². The standard InChI is InChI=1S/C10H16N2O/c1-8-4-6-13-10(7-8)9-3-5-11-12(9)2/h3,5,8,10H,4,6-7H2,1-2H3. The van der Waals surface area contributed by atoms with E-state index in [0.717, 1.165) is 18.9 Å². The summed E-state index contributed by atoms with van der Waals surface area (Å²) in [5, 5.41) is 4.15. The highest BCUT2D eigenvalue weighted by Crippen LogP contribution is 2.30. The SMILES string of the molecule is CC1CCOC(c2ccnn2C)C1. The summed E-state index contributed by atoms with van der Waals surface area (Å²) in [4.78, 5) is 0. The molecule has 1 aliphatic heterocycles. The molecule has 2 unspecified atom stereocenters. The molecule has 0 spiro atoms. The van der Waals surface area contributed by atoms with E-state index in [2.05, 4.69) is 12.0 Å². The molecular formula is C10H16N2O. The summed E-state index contributed by atoms with van der Waals surface area (Å²) >= 11 is 0. The lowest BCUT2D eigenvalue weighted by atomic mass is 9.96. The molecule has 0 N–H and O–H groups in total. The Morgan fingerprint density at radius 2 is 2.46 bits per heavy atom. The van der Waals surface area contributed by atoms with Crippen LogP contribution in [0.3, 0.4) is 0 Å². The molecule has 2 heterocycles. The first kappa shape index (κ1) is 8.75. The van der Waals surface area contributed by atoms with E-state index in [1.165, 1.54) is 12.1 Å². The predicted octanol–water partition coefficient (Wildman–Crippen LogP) is 1.91. The van der Waals surface area contributed by atoms with Gasteiger partial charge < -0.3 is 4.74 Å². The average molecular weight is 180 g/mol. The third kappa shape index (κ3) is 1.75. The van der Waals surface area contributed by atoms with Crippen molar-refractivity contribution < 1.29 is 4.74 Å². The maximum Gasteiger partial charge on any atom is 0.0993 e.